The molecule has 0 saturated heterocycles. The Morgan fingerprint density at radius 3 is 2.80 bits per heavy atom. The first-order chi connectivity index (χ1) is 4.68. The largest absolute Gasteiger partial charge is 0.462 e. The lowest BCUT2D eigenvalue weighted by atomic mass is 10.4. The number of hydrogen-bond acceptors (Lipinski definition) is 3. The minimum atomic E-state index is -0.426. The molecule has 0 aliphatic rings. The van der Waals surface area contributed by atoms with Crippen molar-refractivity contribution in [3.63, 3.8) is 0 Å². The van der Waals surface area contributed by atoms with Gasteiger partial charge in [-0.2, -0.15) is 0 Å². The fourth-order valence-corrected chi connectivity index (χ4v) is 0.311. The van der Waals surface area contributed by atoms with E-state index in [4.69, 9.17) is 5.11 Å². The minimum Gasteiger partial charge on any atom is -0.462 e. The van der Waals surface area contributed by atoms with Crippen molar-refractivity contribution in [1.82, 2.24) is 0 Å². The molecule has 10 heavy (non-hydrogen) atoms. The molecule has 0 aromatic heterocycles. The van der Waals surface area contributed by atoms with Gasteiger partial charge in [0.2, 0.25) is 0 Å². The summed E-state index contributed by atoms with van der Waals surface area (Å²) < 4.78 is 4.59. The van der Waals surface area contributed by atoms with Crippen molar-refractivity contribution in [2.75, 3.05) is 13.2 Å². The van der Waals surface area contributed by atoms with Gasteiger partial charge in [0.25, 0.3) is 0 Å². The third-order valence-electron chi connectivity index (χ3n) is 0.810. The van der Waals surface area contributed by atoms with E-state index < -0.39 is 5.97 Å². The predicted molar refractivity (Wildman–Crippen MR) is 37.2 cm³/mol. The van der Waals surface area contributed by atoms with Crippen LogP contribution in [0.2, 0.25) is 0 Å². The van der Waals surface area contributed by atoms with E-state index >= 15 is 0 Å². The highest BCUT2D eigenvalue weighted by atomic mass is 16.5. The van der Waals surface area contributed by atoms with Gasteiger partial charge < -0.3 is 9.84 Å². The van der Waals surface area contributed by atoms with Gasteiger partial charge in [-0.1, -0.05) is 6.58 Å². The summed E-state index contributed by atoms with van der Waals surface area (Å²) >= 11 is 0. The van der Waals surface area contributed by atoms with E-state index in [0.29, 0.717) is 5.57 Å². The van der Waals surface area contributed by atoms with Crippen LogP contribution in [0, 0.1) is 6.42 Å². The van der Waals surface area contributed by atoms with Crippen LogP contribution in [-0.4, -0.2) is 24.3 Å². The van der Waals surface area contributed by atoms with Crippen LogP contribution in [0.15, 0.2) is 12.2 Å². The summed E-state index contributed by atoms with van der Waals surface area (Å²) in [6.07, 6.45) is 1.45. The first-order valence-electron chi connectivity index (χ1n) is 2.93. The topological polar surface area (TPSA) is 46.5 Å². The van der Waals surface area contributed by atoms with Crippen molar-refractivity contribution in [2.45, 2.75) is 6.92 Å². The second-order valence-electron chi connectivity index (χ2n) is 1.85. The van der Waals surface area contributed by atoms with Crippen molar-refractivity contribution in [3.8, 4) is 0 Å². The molecule has 0 fully saturated rings. The highest BCUT2D eigenvalue weighted by molar-refractivity contribution is 5.86. The van der Waals surface area contributed by atoms with Crippen LogP contribution >= 0.6 is 0 Å². The smallest absolute Gasteiger partial charge is 0.333 e. The number of aliphatic hydroxyl groups is 1. The summed E-state index contributed by atoms with van der Waals surface area (Å²) in [7, 11) is 0. The molecule has 0 saturated carbocycles. The minimum absolute atomic E-state index is 0.0799. The fraction of sp³-hybridized carbons (Fsp3) is 0.429. The highest BCUT2D eigenvalue weighted by Gasteiger charge is 2.00. The highest BCUT2D eigenvalue weighted by Crippen LogP contribution is 1.91. The maximum absolute atomic E-state index is 10.6. The molecular formula is C7H11O3. The van der Waals surface area contributed by atoms with Gasteiger partial charge >= 0.3 is 5.97 Å². The monoisotopic (exact) mass is 143 g/mol. The molecule has 0 aromatic carbocycles. The van der Waals surface area contributed by atoms with Gasteiger partial charge in [-0.05, 0) is 6.92 Å². The molecular weight excluding hydrogens is 132 g/mol. The van der Waals surface area contributed by atoms with Crippen LogP contribution < -0.4 is 0 Å². The lowest BCUT2D eigenvalue weighted by Crippen LogP contribution is -2.07. The quantitative estimate of drug-likeness (QED) is 0.350. The van der Waals surface area contributed by atoms with Crippen LogP contribution in [0.4, 0.5) is 0 Å². The molecule has 0 amide bonds. The molecule has 3 nitrogen and oxygen atoms in total. The zero-order valence-corrected chi connectivity index (χ0v) is 5.96. The number of carbonyl (C=O) groups excluding carboxylic acids is 1. The Hall–Kier alpha value is -0.830. The van der Waals surface area contributed by atoms with Gasteiger partial charge in [-0.3, -0.25) is 0 Å². The molecule has 57 valence electrons. The van der Waals surface area contributed by atoms with E-state index in [2.05, 4.69) is 11.3 Å². The third kappa shape index (κ3) is 4.09. The van der Waals surface area contributed by atoms with Gasteiger partial charge in [-0.15, -0.1) is 0 Å². The average Bonchev–Trinajstić information content (AvgIpc) is 1.88. The maximum Gasteiger partial charge on any atom is 0.333 e. The Balaban J connectivity index is 3.31. The molecule has 0 aliphatic heterocycles. The van der Waals surface area contributed by atoms with Crippen LogP contribution in [0.25, 0.3) is 0 Å². The van der Waals surface area contributed by atoms with E-state index in [1.165, 1.54) is 6.42 Å². The van der Waals surface area contributed by atoms with E-state index in [-0.39, 0.29) is 13.2 Å². The Kier molecular flexibility index (Phi) is 4.58. The maximum atomic E-state index is 10.6. The van der Waals surface area contributed by atoms with Crippen molar-refractivity contribution in [1.29, 1.82) is 0 Å². The molecule has 0 rings (SSSR count). The lowest BCUT2D eigenvalue weighted by molar-refractivity contribution is -0.138. The Morgan fingerprint density at radius 2 is 2.40 bits per heavy atom. The number of aliphatic hydroxyl groups excluding tert-OH is 1. The SMILES string of the molecule is C=C(C)C(=O)OC[CH]CO. The molecule has 0 spiro atoms. The number of carbonyl (C=O) groups is 1. The molecule has 0 heterocycles. The van der Waals surface area contributed by atoms with Crippen LogP contribution in [0.1, 0.15) is 6.92 Å². The van der Waals surface area contributed by atoms with Crippen LogP contribution in [-0.2, 0) is 9.53 Å². The zero-order chi connectivity index (χ0) is 7.98. The summed E-state index contributed by atoms with van der Waals surface area (Å²) in [5.74, 6) is -0.426. The predicted octanol–water partition coefficient (Wildman–Crippen LogP) is 0.302. The lowest BCUT2D eigenvalue weighted by Gasteiger charge is -2.00. The Bertz CT molecular complexity index is 129. The zero-order valence-electron chi connectivity index (χ0n) is 5.96. The van der Waals surface area contributed by atoms with Crippen molar-refractivity contribution < 1.29 is 14.6 Å². The number of hydrogen-bond donors (Lipinski definition) is 1. The average molecular weight is 143 g/mol. The number of ether oxygens (including phenoxy) is 1. The van der Waals surface area contributed by atoms with Gasteiger partial charge in [0, 0.05) is 18.6 Å². The van der Waals surface area contributed by atoms with Crippen molar-refractivity contribution >= 4 is 5.97 Å². The molecule has 0 bridgehead atoms. The van der Waals surface area contributed by atoms with E-state index in [1.807, 2.05) is 0 Å². The molecule has 0 atom stereocenters. The molecule has 0 aromatic rings. The molecule has 0 aliphatic carbocycles. The van der Waals surface area contributed by atoms with E-state index in [9.17, 15) is 4.79 Å². The molecule has 1 N–H and O–H groups in total. The standard InChI is InChI=1S/C7H11O3/c1-6(2)7(9)10-5-3-4-8/h3,8H,1,4-5H2,2H3. The Morgan fingerprint density at radius 1 is 1.80 bits per heavy atom. The van der Waals surface area contributed by atoms with Gasteiger partial charge in [0.15, 0.2) is 0 Å². The fourth-order valence-electron chi connectivity index (χ4n) is 0.311. The van der Waals surface area contributed by atoms with Crippen LogP contribution in [0.3, 0.4) is 0 Å². The normalized spacial score (nSPS) is 9.00. The van der Waals surface area contributed by atoms with Crippen molar-refractivity contribution in [3.05, 3.63) is 18.6 Å². The number of rotatable bonds is 4. The first kappa shape index (κ1) is 9.17. The summed E-state index contributed by atoms with van der Waals surface area (Å²) in [5.41, 5.74) is 0.367. The molecule has 3 heteroatoms. The molecule has 0 unspecified atom stereocenters. The van der Waals surface area contributed by atoms with Gasteiger partial charge in [0.05, 0.1) is 6.61 Å². The second-order valence-corrected chi connectivity index (χ2v) is 1.85. The summed E-state index contributed by atoms with van der Waals surface area (Å²) in [4.78, 5) is 10.6. The van der Waals surface area contributed by atoms with Gasteiger partial charge in [-0.25, -0.2) is 4.79 Å². The summed E-state index contributed by atoms with van der Waals surface area (Å²) in [6, 6.07) is 0. The summed E-state index contributed by atoms with van der Waals surface area (Å²) in [6.45, 7) is 5.01. The summed E-state index contributed by atoms with van der Waals surface area (Å²) in [5, 5.41) is 8.25. The third-order valence-corrected chi connectivity index (χ3v) is 0.810. The van der Waals surface area contributed by atoms with E-state index in [0.717, 1.165) is 0 Å². The van der Waals surface area contributed by atoms with Crippen molar-refractivity contribution in [2.24, 2.45) is 0 Å². The number of esters is 1. The van der Waals surface area contributed by atoms with Gasteiger partial charge in [0.1, 0.15) is 0 Å². The molecule has 1 radical (unpaired) electrons. The van der Waals surface area contributed by atoms with Crippen LogP contribution in [0.5, 0.6) is 0 Å². The second kappa shape index (κ2) is 4.99. The Labute approximate surface area is 60.3 Å². The van der Waals surface area contributed by atoms with E-state index in [1.54, 1.807) is 6.92 Å². The first-order valence-corrected chi connectivity index (χ1v) is 2.93.